The minimum atomic E-state index is -0.364. The summed E-state index contributed by atoms with van der Waals surface area (Å²) in [4.78, 5) is 15.0. The van der Waals surface area contributed by atoms with Crippen LogP contribution in [0.2, 0.25) is 0 Å². The number of carbonyl (C=O) groups excluding carboxylic acids is 1. The molecule has 0 aliphatic heterocycles. The van der Waals surface area contributed by atoms with E-state index in [9.17, 15) is 4.79 Å². The lowest BCUT2D eigenvalue weighted by Gasteiger charge is -2.02. The minimum absolute atomic E-state index is 0.364. The molecule has 0 aliphatic rings. The highest BCUT2D eigenvalue weighted by molar-refractivity contribution is 5.90. The van der Waals surface area contributed by atoms with Crippen LogP contribution in [0, 0.1) is 0 Å². The van der Waals surface area contributed by atoms with E-state index in [-0.39, 0.29) is 6.03 Å². The van der Waals surface area contributed by atoms with Crippen LogP contribution in [0.3, 0.4) is 0 Å². The summed E-state index contributed by atoms with van der Waals surface area (Å²) in [5.41, 5.74) is 3.82. The fourth-order valence-electron chi connectivity index (χ4n) is 0.757. The van der Waals surface area contributed by atoms with E-state index in [0.717, 1.165) is 5.71 Å². The molecule has 0 spiro atoms. The van der Waals surface area contributed by atoms with Crippen molar-refractivity contribution in [2.45, 2.75) is 13.8 Å². The molecule has 0 bridgehead atoms. The Morgan fingerprint density at radius 3 is 2.57 bits per heavy atom. The van der Waals surface area contributed by atoms with E-state index in [4.69, 9.17) is 0 Å². The number of nitrogens with zero attached hydrogens (tertiary/aromatic N) is 2. The van der Waals surface area contributed by atoms with Gasteiger partial charge in [0.2, 0.25) is 0 Å². The maximum atomic E-state index is 11.2. The number of hydrazone groups is 1. The van der Waals surface area contributed by atoms with Crippen molar-refractivity contribution in [2.24, 2.45) is 5.10 Å². The first-order chi connectivity index (χ1) is 6.68. The quantitative estimate of drug-likeness (QED) is 0.552. The highest BCUT2D eigenvalue weighted by Crippen LogP contribution is 2.01. The second kappa shape index (κ2) is 4.96. The van der Waals surface area contributed by atoms with Gasteiger partial charge in [-0.1, -0.05) is 0 Å². The van der Waals surface area contributed by atoms with Crippen LogP contribution in [0.1, 0.15) is 13.8 Å². The van der Waals surface area contributed by atoms with Crippen LogP contribution < -0.4 is 10.7 Å². The second-order valence-electron chi connectivity index (χ2n) is 2.86. The Bertz CT molecular complexity index is 330. The fourth-order valence-corrected chi connectivity index (χ4v) is 0.757. The van der Waals surface area contributed by atoms with Crippen molar-refractivity contribution in [2.75, 3.05) is 5.32 Å². The van der Waals surface area contributed by atoms with E-state index in [0.29, 0.717) is 5.69 Å². The molecule has 2 amide bonds. The summed E-state index contributed by atoms with van der Waals surface area (Å²) in [6.07, 6.45) is 3.20. The Balaban J connectivity index is 2.46. The van der Waals surface area contributed by atoms with Gasteiger partial charge in [-0.2, -0.15) is 5.10 Å². The topological polar surface area (TPSA) is 66.4 Å². The summed E-state index contributed by atoms with van der Waals surface area (Å²) in [6.45, 7) is 3.60. The van der Waals surface area contributed by atoms with Gasteiger partial charge in [-0.25, -0.2) is 10.2 Å². The third-order valence-electron chi connectivity index (χ3n) is 1.32. The van der Waals surface area contributed by atoms with E-state index in [1.165, 1.54) is 0 Å². The van der Waals surface area contributed by atoms with Crippen molar-refractivity contribution >= 4 is 17.4 Å². The average Bonchev–Trinajstić information content (AvgIpc) is 2.16. The summed E-state index contributed by atoms with van der Waals surface area (Å²) in [5, 5.41) is 6.36. The van der Waals surface area contributed by atoms with Gasteiger partial charge >= 0.3 is 6.03 Å². The molecule has 2 N–H and O–H groups in total. The van der Waals surface area contributed by atoms with Crippen LogP contribution in [-0.4, -0.2) is 16.7 Å². The van der Waals surface area contributed by atoms with Crippen molar-refractivity contribution in [3.8, 4) is 0 Å². The van der Waals surface area contributed by atoms with E-state index < -0.39 is 0 Å². The first-order valence-corrected chi connectivity index (χ1v) is 4.16. The molecule has 5 nitrogen and oxygen atoms in total. The van der Waals surface area contributed by atoms with Gasteiger partial charge in [-0.3, -0.25) is 4.98 Å². The van der Waals surface area contributed by atoms with Gasteiger partial charge in [0.15, 0.2) is 0 Å². The molecule has 0 saturated heterocycles. The highest BCUT2D eigenvalue weighted by atomic mass is 16.2. The molecule has 14 heavy (non-hydrogen) atoms. The van der Waals surface area contributed by atoms with Crippen LogP contribution in [-0.2, 0) is 0 Å². The third kappa shape index (κ3) is 3.66. The Morgan fingerprint density at radius 2 is 2.00 bits per heavy atom. The zero-order valence-electron chi connectivity index (χ0n) is 8.11. The Kier molecular flexibility index (Phi) is 3.60. The molecule has 1 heterocycles. The molecule has 0 radical (unpaired) electrons. The summed E-state index contributed by atoms with van der Waals surface area (Å²) < 4.78 is 0. The Hall–Kier alpha value is -1.91. The third-order valence-corrected chi connectivity index (χ3v) is 1.32. The van der Waals surface area contributed by atoms with E-state index in [1.54, 1.807) is 38.4 Å². The summed E-state index contributed by atoms with van der Waals surface area (Å²) in [7, 11) is 0. The van der Waals surface area contributed by atoms with Crippen molar-refractivity contribution in [3.63, 3.8) is 0 Å². The zero-order valence-corrected chi connectivity index (χ0v) is 8.11. The average molecular weight is 192 g/mol. The molecule has 1 aromatic heterocycles. The Morgan fingerprint density at radius 1 is 1.36 bits per heavy atom. The molecule has 0 fully saturated rings. The molecule has 0 saturated carbocycles. The number of urea groups is 1. The number of amides is 2. The predicted octanol–water partition coefficient (Wildman–Crippen LogP) is 1.60. The number of anilines is 1. The first-order valence-electron chi connectivity index (χ1n) is 4.16. The zero-order chi connectivity index (χ0) is 10.4. The second-order valence-corrected chi connectivity index (χ2v) is 2.86. The van der Waals surface area contributed by atoms with E-state index in [2.05, 4.69) is 20.8 Å². The predicted molar refractivity (Wildman–Crippen MR) is 55.2 cm³/mol. The summed E-state index contributed by atoms with van der Waals surface area (Å²) in [5.74, 6) is 0. The molecule has 74 valence electrons. The lowest BCUT2D eigenvalue weighted by atomic mass is 10.4. The maximum Gasteiger partial charge on any atom is 0.339 e. The van der Waals surface area contributed by atoms with Gasteiger partial charge in [0, 0.05) is 23.8 Å². The van der Waals surface area contributed by atoms with Crippen molar-refractivity contribution in [1.82, 2.24) is 10.4 Å². The van der Waals surface area contributed by atoms with Crippen LogP contribution >= 0.6 is 0 Å². The molecule has 0 aromatic carbocycles. The maximum absolute atomic E-state index is 11.2. The molecule has 1 rings (SSSR count). The molecule has 1 aromatic rings. The van der Waals surface area contributed by atoms with Crippen LogP contribution in [0.5, 0.6) is 0 Å². The van der Waals surface area contributed by atoms with Gasteiger partial charge in [0.25, 0.3) is 0 Å². The highest BCUT2D eigenvalue weighted by Gasteiger charge is 1.98. The van der Waals surface area contributed by atoms with Crippen molar-refractivity contribution in [1.29, 1.82) is 0 Å². The van der Waals surface area contributed by atoms with Gasteiger partial charge in [-0.15, -0.1) is 0 Å². The van der Waals surface area contributed by atoms with Gasteiger partial charge < -0.3 is 5.32 Å². The normalized spacial score (nSPS) is 9.00. The Labute approximate surface area is 82.2 Å². The SMILES string of the molecule is CC(C)=NNC(=O)Nc1ccncc1. The number of carbonyl (C=O) groups is 1. The van der Waals surface area contributed by atoms with Crippen LogP contribution in [0.15, 0.2) is 29.6 Å². The van der Waals surface area contributed by atoms with E-state index >= 15 is 0 Å². The molecule has 0 aliphatic carbocycles. The van der Waals surface area contributed by atoms with Crippen LogP contribution in [0.25, 0.3) is 0 Å². The van der Waals surface area contributed by atoms with Crippen molar-refractivity contribution in [3.05, 3.63) is 24.5 Å². The summed E-state index contributed by atoms with van der Waals surface area (Å²) >= 11 is 0. The number of nitrogens with one attached hydrogen (secondary N) is 2. The molecule has 0 unspecified atom stereocenters. The lowest BCUT2D eigenvalue weighted by Crippen LogP contribution is -2.24. The number of pyridine rings is 1. The van der Waals surface area contributed by atoms with Crippen molar-refractivity contribution < 1.29 is 4.79 Å². The van der Waals surface area contributed by atoms with Gasteiger partial charge in [-0.05, 0) is 26.0 Å². The van der Waals surface area contributed by atoms with Gasteiger partial charge in [0.05, 0.1) is 0 Å². The standard InChI is InChI=1S/C9H12N4O/c1-7(2)12-13-9(14)11-8-3-5-10-6-4-8/h3-6H,1-2H3,(H2,10,11,13,14). The molecular formula is C9H12N4O. The number of rotatable bonds is 2. The monoisotopic (exact) mass is 192 g/mol. The largest absolute Gasteiger partial charge is 0.339 e. The molecule has 5 heteroatoms. The van der Waals surface area contributed by atoms with Gasteiger partial charge in [0.1, 0.15) is 0 Å². The molecule has 0 atom stereocenters. The smallest absolute Gasteiger partial charge is 0.306 e. The number of aromatic nitrogens is 1. The molecular weight excluding hydrogens is 180 g/mol. The minimum Gasteiger partial charge on any atom is -0.306 e. The first kappa shape index (κ1) is 10.2. The summed E-state index contributed by atoms with van der Waals surface area (Å²) in [6, 6.07) is 3.03. The number of hydrogen-bond acceptors (Lipinski definition) is 3. The lowest BCUT2D eigenvalue weighted by molar-refractivity contribution is 0.252. The van der Waals surface area contributed by atoms with E-state index in [1.807, 2.05) is 0 Å². The number of hydrogen-bond donors (Lipinski definition) is 2. The van der Waals surface area contributed by atoms with Crippen LogP contribution in [0.4, 0.5) is 10.5 Å². The fraction of sp³-hybridized carbons (Fsp3) is 0.222.